The second-order valence-corrected chi connectivity index (χ2v) is 9.18. The first kappa shape index (κ1) is 20.7. The Hall–Kier alpha value is -3.14. The maximum absolute atomic E-state index is 13.1. The predicted molar refractivity (Wildman–Crippen MR) is 118 cm³/mol. The number of carbonyl (C=O) groups excluding carboxylic acids is 3. The molecule has 5 rings (SSSR count). The van der Waals surface area contributed by atoms with Crippen molar-refractivity contribution in [3.8, 4) is 11.5 Å². The van der Waals surface area contributed by atoms with Gasteiger partial charge in [0.05, 0.1) is 11.6 Å². The molecule has 10 heteroatoms. The third-order valence-corrected chi connectivity index (χ3v) is 7.04. The largest absolute Gasteiger partial charge is 0.454 e. The van der Waals surface area contributed by atoms with Gasteiger partial charge >= 0.3 is 0 Å². The van der Waals surface area contributed by atoms with Crippen LogP contribution in [0.1, 0.15) is 25.0 Å². The fourth-order valence-electron chi connectivity index (χ4n) is 4.41. The summed E-state index contributed by atoms with van der Waals surface area (Å²) in [5, 5.41) is 5.38. The molecular formula is C22H24N4O5S. The van der Waals surface area contributed by atoms with Crippen LogP contribution >= 0.6 is 11.3 Å². The Morgan fingerprint density at radius 3 is 2.69 bits per heavy atom. The summed E-state index contributed by atoms with van der Waals surface area (Å²) in [4.78, 5) is 45.9. The summed E-state index contributed by atoms with van der Waals surface area (Å²) in [5.74, 6) is 0.612. The number of piperidine rings is 1. The van der Waals surface area contributed by atoms with Gasteiger partial charge in [-0.05, 0) is 31.9 Å². The van der Waals surface area contributed by atoms with Crippen molar-refractivity contribution >= 4 is 39.9 Å². The van der Waals surface area contributed by atoms with Crippen LogP contribution in [-0.2, 0) is 14.4 Å². The van der Waals surface area contributed by atoms with Crippen molar-refractivity contribution in [2.75, 3.05) is 36.6 Å². The average molecular weight is 457 g/mol. The number of anilines is 2. The molecule has 168 valence electrons. The molecule has 1 aromatic carbocycles. The van der Waals surface area contributed by atoms with Crippen LogP contribution in [0.15, 0.2) is 23.6 Å². The highest BCUT2D eigenvalue weighted by Crippen LogP contribution is 2.37. The molecule has 3 aliphatic heterocycles. The summed E-state index contributed by atoms with van der Waals surface area (Å²) in [7, 11) is 0. The second-order valence-electron chi connectivity index (χ2n) is 8.33. The number of amides is 3. The van der Waals surface area contributed by atoms with E-state index >= 15 is 0 Å². The summed E-state index contributed by atoms with van der Waals surface area (Å²) < 4.78 is 10.7. The van der Waals surface area contributed by atoms with Gasteiger partial charge in [-0.1, -0.05) is 0 Å². The van der Waals surface area contributed by atoms with Crippen molar-refractivity contribution < 1.29 is 23.9 Å². The number of nitrogens with one attached hydrogen (secondary N) is 1. The quantitative estimate of drug-likeness (QED) is 0.758. The van der Waals surface area contributed by atoms with Gasteiger partial charge in [-0.25, -0.2) is 4.98 Å². The van der Waals surface area contributed by atoms with E-state index in [1.807, 2.05) is 18.4 Å². The Morgan fingerprint density at radius 2 is 1.94 bits per heavy atom. The highest BCUT2D eigenvalue weighted by atomic mass is 32.1. The topological polar surface area (TPSA) is 101 Å². The molecule has 2 aromatic rings. The normalized spacial score (nSPS) is 20.7. The highest BCUT2D eigenvalue weighted by Gasteiger charge is 2.39. The molecule has 9 nitrogen and oxygen atoms in total. The molecule has 1 atom stereocenters. The average Bonchev–Trinajstić information content (AvgIpc) is 3.52. The van der Waals surface area contributed by atoms with Crippen LogP contribution in [0.25, 0.3) is 0 Å². The number of carbonyl (C=O) groups is 3. The molecule has 1 unspecified atom stereocenters. The van der Waals surface area contributed by atoms with E-state index < -0.39 is 0 Å². The molecule has 2 saturated heterocycles. The molecule has 0 radical (unpaired) electrons. The van der Waals surface area contributed by atoms with Gasteiger partial charge in [0, 0.05) is 49.1 Å². The first-order valence-electron chi connectivity index (χ1n) is 10.7. The number of hydrogen-bond donors (Lipinski definition) is 1. The maximum Gasteiger partial charge on any atom is 0.231 e. The van der Waals surface area contributed by atoms with E-state index in [0.717, 1.165) is 5.69 Å². The van der Waals surface area contributed by atoms with Crippen LogP contribution < -0.4 is 19.7 Å². The third-order valence-electron chi connectivity index (χ3n) is 6.17. The monoisotopic (exact) mass is 456 g/mol. The van der Waals surface area contributed by atoms with Gasteiger partial charge in [-0.3, -0.25) is 14.4 Å². The number of aryl methyl sites for hydroxylation is 1. The van der Waals surface area contributed by atoms with Crippen molar-refractivity contribution in [2.24, 2.45) is 11.8 Å². The van der Waals surface area contributed by atoms with Gasteiger partial charge in [0.25, 0.3) is 0 Å². The van der Waals surface area contributed by atoms with E-state index in [2.05, 4.69) is 10.3 Å². The lowest BCUT2D eigenvalue weighted by Gasteiger charge is -2.32. The molecule has 1 aromatic heterocycles. The van der Waals surface area contributed by atoms with Gasteiger partial charge in [0.15, 0.2) is 16.6 Å². The fraction of sp³-hybridized carbons (Fsp3) is 0.455. The predicted octanol–water partition coefficient (Wildman–Crippen LogP) is 2.41. The van der Waals surface area contributed by atoms with Crippen molar-refractivity contribution in [3.05, 3.63) is 29.3 Å². The molecule has 32 heavy (non-hydrogen) atoms. The number of nitrogens with zero attached hydrogens (tertiary/aromatic N) is 3. The number of ether oxygens (including phenoxy) is 2. The lowest BCUT2D eigenvalue weighted by Crippen LogP contribution is -2.44. The Morgan fingerprint density at radius 1 is 1.16 bits per heavy atom. The molecule has 3 aliphatic rings. The van der Waals surface area contributed by atoms with Gasteiger partial charge in [0.1, 0.15) is 0 Å². The minimum absolute atomic E-state index is 0.0176. The van der Waals surface area contributed by atoms with E-state index in [1.165, 1.54) is 11.3 Å². The number of likely N-dealkylation sites (tertiary alicyclic amines) is 1. The summed E-state index contributed by atoms with van der Waals surface area (Å²) in [6.07, 6.45) is 1.40. The number of benzene rings is 1. The molecule has 0 spiro atoms. The van der Waals surface area contributed by atoms with E-state index in [0.29, 0.717) is 54.8 Å². The van der Waals surface area contributed by atoms with Crippen LogP contribution in [-0.4, -0.2) is 54.0 Å². The van der Waals surface area contributed by atoms with Crippen LogP contribution in [0.4, 0.5) is 10.8 Å². The number of aromatic nitrogens is 1. The van der Waals surface area contributed by atoms with E-state index in [-0.39, 0.29) is 42.8 Å². The maximum atomic E-state index is 13.1. The standard InChI is InChI=1S/C22H24N4O5S/c1-13-11-32-22(23-13)24-20(28)14-4-6-25(7-5-14)21(29)15-8-19(27)26(10-15)16-2-3-17-18(9-16)31-12-30-17/h2-3,9,11,14-15H,4-8,10,12H2,1H3,(H,23,24,28). The Bertz CT molecular complexity index is 1060. The highest BCUT2D eigenvalue weighted by molar-refractivity contribution is 7.13. The zero-order chi connectivity index (χ0) is 22.2. The minimum atomic E-state index is -0.378. The van der Waals surface area contributed by atoms with Crippen molar-refractivity contribution in [1.29, 1.82) is 0 Å². The summed E-state index contributed by atoms with van der Waals surface area (Å²) in [6, 6.07) is 5.37. The Kier molecular flexibility index (Phi) is 5.46. The van der Waals surface area contributed by atoms with Crippen LogP contribution in [0, 0.1) is 18.8 Å². The smallest absolute Gasteiger partial charge is 0.231 e. The fourth-order valence-corrected chi connectivity index (χ4v) is 5.11. The molecule has 1 N–H and O–H groups in total. The number of rotatable bonds is 4. The zero-order valence-corrected chi connectivity index (χ0v) is 18.5. The van der Waals surface area contributed by atoms with Crippen LogP contribution in [0.3, 0.4) is 0 Å². The summed E-state index contributed by atoms with van der Waals surface area (Å²) >= 11 is 1.41. The first-order chi connectivity index (χ1) is 15.5. The van der Waals surface area contributed by atoms with E-state index in [4.69, 9.17) is 9.47 Å². The third kappa shape index (κ3) is 4.02. The van der Waals surface area contributed by atoms with Crippen LogP contribution in [0.5, 0.6) is 11.5 Å². The first-order valence-corrected chi connectivity index (χ1v) is 11.6. The Balaban J connectivity index is 1.16. The van der Waals surface area contributed by atoms with E-state index in [9.17, 15) is 14.4 Å². The molecule has 4 heterocycles. The summed E-state index contributed by atoms with van der Waals surface area (Å²) in [5.41, 5.74) is 1.59. The number of thiazole rings is 1. The minimum Gasteiger partial charge on any atom is -0.454 e. The lowest BCUT2D eigenvalue weighted by molar-refractivity contribution is -0.138. The van der Waals surface area contributed by atoms with Crippen LogP contribution in [0.2, 0.25) is 0 Å². The number of hydrogen-bond acceptors (Lipinski definition) is 7. The van der Waals surface area contributed by atoms with Crippen molar-refractivity contribution in [1.82, 2.24) is 9.88 Å². The van der Waals surface area contributed by atoms with Crippen molar-refractivity contribution in [3.63, 3.8) is 0 Å². The molecule has 0 bridgehead atoms. The van der Waals surface area contributed by atoms with E-state index in [1.54, 1.807) is 21.9 Å². The van der Waals surface area contributed by atoms with Gasteiger partial charge in [-0.2, -0.15) is 0 Å². The van der Waals surface area contributed by atoms with Crippen molar-refractivity contribution in [2.45, 2.75) is 26.2 Å². The lowest BCUT2D eigenvalue weighted by atomic mass is 9.94. The Labute approximate surface area is 189 Å². The molecule has 0 saturated carbocycles. The summed E-state index contributed by atoms with van der Waals surface area (Å²) in [6.45, 7) is 3.44. The SMILES string of the molecule is Cc1csc(NC(=O)C2CCN(C(=O)C3CC(=O)N(c4ccc5c(c4)OCO5)C3)CC2)n1. The second kappa shape index (κ2) is 8.42. The molecule has 0 aliphatic carbocycles. The molecular weight excluding hydrogens is 432 g/mol. The van der Waals surface area contributed by atoms with Gasteiger partial charge in [0.2, 0.25) is 24.5 Å². The molecule has 2 fully saturated rings. The number of fused-ring (bicyclic) bond motifs is 1. The van der Waals surface area contributed by atoms with Gasteiger partial charge in [-0.15, -0.1) is 11.3 Å². The van der Waals surface area contributed by atoms with Gasteiger partial charge < -0.3 is 24.6 Å². The molecule has 3 amide bonds. The zero-order valence-electron chi connectivity index (χ0n) is 17.7.